The summed E-state index contributed by atoms with van der Waals surface area (Å²) in [5.41, 5.74) is 0.192. The molecule has 4 atom stereocenters. The Morgan fingerprint density at radius 2 is 1.80 bits per heavy atom. The number of aromatic nitrogens is 2. The summed E-state index contributed by atoms with van der Waals surface area (Å²) in [6, 6.07) is 0.308. The fourth-order valence-electron chi connectivity index (χ4n) is 5.91. The molecule has 1 saturated heterocycles. The number of piperazine rings is 1. The van der Waals surface area contributed by atoms with E-state index in [0.29, 0.717) is 65.5 Å². The molecule has 1 aliphatic heterocycles. The molecule has 1 aromatic rings. The number of rotatable bonds is 4. The Hall–Kier alpha value is -2.10. The molecule has 0 spiro atoms. The van der Waals surface area contributed by atoms with Gasteiger partial charge in [-0.2, -0.15) is 5.10 Å². The van der Waals surface area contributed by atoms with Crippen LogP contribution in [0.2, 0.25) is 0 Å². The van der Waals surface area contributed by atoms with Crippen LogP contribution in [0.1, 0.15) is 54.4 Å². The van der Waals surface area contributed by atoms with E-state index < -0.39 is 5.60 Å². The number of nitrogens with zero attached hydrogens (tertiary/aromatic N) is 4. The van der Waals surface area contributed by atoms with Crippen molar-refractivity contribution in [3.8, 4) is 0 Å². The SMILES string of the molecule is C[C@@H]1[C@H]2C[C@@H](C[C@H]1Nc1cnn(CC(=O)N3CCN(C(=O)OC(C)(C)C)CC3)c(=O)c1Br)C2(C)C. The second-order valence-electron chi connectivity index (χ2n) is 11.9. The van der Waals surface area contributed by atoms with Crippen LogP contribution in [0.5, 0.6) is 0 Å². The van der Waals surface area contributed by atoms with Gasteiger partial charge in [0.25, 0.3) is 5.56 Å². The van der Waals surface area contributed by atoms with E-state index in [4.69, 9.17) is 4.74 Å². The second-order valence-corrected chi connectivity index (χ2v) is 12.7. The zero-order chi connectivity index (χ0) is 25.7. The number of anilines is 1. The molecule has 4 aliphatic rings. The summed E-state index contributed by atoms with van der Waals surface area (Å²) in [4.78, 5) is 41.3. The number of halogens is 1. The number of hydrogen-bond donors (Lipinski definition) is 1. The Kier molecular flexibility index (Phi) is 6.98. The quantitative estimate of drug-likeness (QED) is 0.614. The Labute approximate surface area is 215 Å². The van der Waals surface area contributed by atoms with Crippen LogP contribution in [0, 0.1) is 23.2 Å². The van der Waals surface area contributed by atoms with Crippen molar-refractivity contribution in [2.24, 2.45) is 23.2 Å². The molecule has 0 unspecified atom stereocenters. The van der Waals surface area contributed by atoms with E-state index in [-0.39, 0.29) is 24.1 Å². The highest BCUT2D eigenvalue weighted by Gasteiger charge is 2.56. The van der Waals surface area contributed by atoms with Crippen LogP contribution < -0.4 is 10.9 Å². The molecular formula is C25H38BrN5O4. The monoisotopic (exact) mass is 551 g/mol. The Balaban J connectivity index is 1.34. The van der Waals surface area contributed by atoms with Gasteiger partial charge < -0.3 is 19.9 Å². The molecule has 2 amide bonds. The van der Waals surface area contributed by atoms with Gasteiger partial charge in [0.15, 0.2) is 0 Å². The number of nitrogens with one attached hydrogen (secondary N) is 1. The standard InChI is InChI=1S/C25H38BrN5O4/c1-15-17-11-16(25(17,5)6)12-18(15)28-19-13-27-31(22(33)21(19)26)14-20(32)29-7-9-30(10-8-29)23(34)35-24(2,3)4/h13,15-18,28H,7-12,14H2,1-6H3/t15-,16+,17-,18-/m1/s1. The van der Waals surface area contributed by atoms with Crippen LogP contribution >= 0.6 is 15.9 Å². The summed E-state index contributed by atoms with van der Waals surface area (Å²) in [5.74, 6) is 1.73. The van der Waals surface area contributed by atoms with Gasteiger partial charge >= 0.3 is 6.09 Å². The molecule has 4 fully saturated rings. The first-order valence-corrected chi connectivity index (χ1v) is 13.3. The van der Waals surface area contributed by atoms with E-state index in [1.807, 2.05) is 20.8 Å². The average molecular weight is 553 g/mol. The van der Waals surface area contributed by atoms with Crippen LogP contribution in [-0.2, 0) is 16.1 Å². The maximum Gasteiger partial charge on any atom is 0.410 e. The van der Waals surface area contributed by atoms with Crippen molar-refractivity contribution in [1.82, 2.24) is 19.6 Å². The maximum absolute atomic E-state index is 13.0. The van der Waals surface area contributed by atoms with Gasteiger partial charge in [0.05, 0.1) is 11.9 Å². The molecule has 3 aliphatic carbocycles. The Bertz CT molecular complexity index is 1040. The van der Waals surface area contributed by atoms with Crippen molar-refractivity contribution < 1.29 is 14.3 Å². The second kappa shape index (κ2) is 9.41. The first kappa shape index (κ1) is 26.0. The third-order valence-electron chi connectivity index (χ3n) is 8.25. The molecule has 9 nitrogen and oxygen atoms in total. The molecule has 2 heterocycles. The van der Waals surface area contributed by atoms with Crippen molar-refractivity contribution in [3.05, 3.63) is 21.0 Å². The minimum Gasteiger partial charge on any atom is -0.444 e. The van der Waals surface area contributed by atoms with Gasteiger partial charge in [-0.05, 0) is 72.7 Å². The summed E-state index contributed by atoms with van der Waals surface area (Å²) < 4.78 is 7.01. The topological polar surface area (TPSA) is 96.8 Å². The van der Waals surface area contributed by atoms with Gasteiger partial charge in [-0.15, -0.1) is 0 Å². The highest BCUT2D eigenvalue weighted by molar-refractivity contribution is 9.10. The zero-order valence-electron chi connectivity index (χ0n) is 21.6. The van der Waals surface area contributed by atoms with Gasteiger partial charge in [0, 0.05) is 32.2 Å². The van der Waals surface area contributed by atoms with Crippen LogP contribution in [0.4, 0.5) is 10.5 Å². The molecule has 194 valence electrons. The van der Waals surface area contributed by atoms with E-state index in [1.54, 1.807) is 16.0 Å². The first-order chi connectivity index (χ1) is 16.3. The van der Waals surface area contributed by atoms with Gasteiger partial charge in [0.2, 0.25) is 5.91 Å². The number of ether oxygens (including phenoxy) is 1. The summed E-state index contributed by atoms with van der Waals surface area (Å²) in [6.07, 6.45) is 3.65. The largest absolute Gasteiger partial charge is 0.444 e. The van der Waals surface area contributed by atoms with E-state index in [2.05, 4.69) is 47.1 Å². The molecule has 35 heavy (non-hydrogen) atoms. The molecule has 1 N–H and O–H groups in total. The van der Waals surface area contributed by atoms with Gasteiger partial charge in [-0.1, -0.05) is 20.8 Å². The Morgan fingerprint density at radius 1 is 1.17 bits per heavy atom. The zero-order valence-corrected chi connectivity index (χ0v) is 23.2. The van der Waals surface area contributed by atoms with Crippen LogP contribution in [0.3, 0.4) is 0 Å². The molecule has 5 rings (SSSR count). The van der Waals surface area contributed by atoms with Crippen molar-refractivity contribution in [2.45, 2.75) is 72.6 Å². The number of amides is 2. The van der Waals surface area contributed by atoms with Crippen molar-refractivity contribution in [1.29, 1.82) is 0 Å². The molecular weight excluding hydrogens is 514 g/mol. The predicted molar refractivity (Wildman–Crippen MR) is 137 cm³/mol. The van der Waals surface area contributed by atoms with Gasteiger partial charge in [-0.3, -0.25) is 9.59 Å². The van der Waals surface area contributed by atoms with E-state index >= 15 is 0 Å². The smallest absolute Gasteiger partial charge is 0.410 e. The molecule has 0 aromatic carbocycles. The lowest BCUT2D eigenvalue weighted by Crippen LogP contribution is -2.58. The lowest BCUT2D eigenvalue weighted by Gasteiger charge is -2.62. The Morgan fingerprint density at radius 3 is 2.37 bits per heavy atom. The lowest BCUT2D eigenvalue weighted by atomic mass is 9.45. The van der Waals surface area contributed by atoms with E-state index in [0.717, 1.165) is 6.42 Å². The highest BCUT2D eigenvalue weighted by Crippen LogP contribution is 2.61. The van der Waals surface area contributed by atoms with Crippen LogP contribution in [0.15, 0.2) is 15.5 Å². The third kappa shape index (κ3) is 5.22. The summed E-state index contributed by atoms with van der Waals surface area (Å²) in [6.45, 7) is 14.0. The van der Waals surface area contributed by atoms with E-state index in [1.165, 1.54) is 11.1 Å². The summed E-state index contributed by atoms with van der Waals surface area (Å²) >= 11 is 3.44. The fraction of sp³-hybridized carbons (Fsp3) is 0.760. The maximum atomic E-state index is 13.0. The van der Waals surface area contributed by atoms with E-state index in [9.17, 15) is 14.4 Å². The van der Waals surface area contributed by atoms with Crippen LogP contribution in [-0.4, -0.2) is 69.4 Å². The van der Waals surface area contributed by atoms with Crippen LogP contribution in [0.25, 0.3) is 0 Å². The summed E-state index contributed by atoms with van der Waals surface area (Å²) in [5, 5.41) is 7.83. The van der Waals surface area contributed by atoms with Crippen molar-refractivity contribution >= 4 is 33.6 Å². The predicted octanol–water partition coefficient (Wildman–Crippen LogP) is 3.57. The molecule has 1 aromatic heterocycles. The number of carbonyl (C=O) groups excluding carboxylic acids is 2. The summed E-state index contributed by atoms with van der Waals surface area (Å²) in [7, 11) is 0. The fourth-order valence-corrected chi connectivity index (χ4v) is 6.33. The average Bonchev–Trinajstić information content (AvgIpc) is 2.78. The van der Waals surface area contributed by atoms with Crippen molar-refractivity contribution in [2.75, 3.05) is 31.5 Å². The first-order valence-electron chi connectivity index (χ1n) is 12.6. The molecule has 3 saturated carbocycles. The number of hydrogen-bond acceptors (Lipinski definition) is 6. The lowest BCUT2D eigenvalue weighted by molar-refractivity contribution is -0.133. The minimum absolute atomic E-state index is 0.137. The molecule has 10 heteroatoms. The van der Waals surface area contributed by atoms with Gasteiger partial charge in [0.1, 0.15) is 16.6 Å². The van der Waals surface area contributed by atoms with Gasteiger partial charge in [-0.25, -0.2) is 9.48 Å². The normalized spacial score (nSPS) is 27.7. The number of fused-ring (bicyclic) bond motifs is 2. The molecule has 2 bridgehead atoms. The number of carbonyl (C=O) groups is 2. The highest BCUT2D eigenvalue weighted by atomic mass is 79.9. The minimum atomic E-state index is -0.558. The molecule has 0 radical (unpaired) electrons. The van der Waals surface area contributed by atoms with Crippen molar-refractivity contribution in [3.63, 3.8) is 0 Å². The third-order valence-corrected chi connectivity index (χ3v) is 9.02.